The Morgan fingerprint density at radius 2 is 1.95 bits per heavy atom. The molecule has 1 N–H and O–H groups in total. The van der Waals surface area contributed by atoms with Crippen molar-refractivity contribution in [1.82, 2.24) is 10.1 Å². The first kappa shape index (κ1) is 14.1. The molecule has 0 aliphatic rings. The smallest absolute Gasteiger partial charge is 0.264 e. The number of methoxy groups -OCH3 is 1. The van der Waals surface area contributed by atoms with Gasteiger partial charge in [0.1, 0.15) is 5.75 Å². The number of rotatable bonds is 5. The highest BCUT2D eigenvalue weighted by atomic mass is 16.5. The lowest BCUT2D eigenvalue weighted by atomic mass is 10.1. The molecule has 112 valence electrons. The van der Waals surface area contributed by atoms with Gasteiger partial charge in [0.2, 0.25) is 0 Å². The first-order valence-electron chi connectivity index (χ1n) is 7.03. The van der Waals surface area contributed by atoms with Crippen LogP contribution in [0.15, 0.2) is 53.1 Å². The summed E-state index contributed by atoms with van der Waals surface area (Å²) in [7, 11) is 1.67. The number of anilines is 1. The van der Waals surface area contributed by atoms with Gasteiger partial charge in [0.05, 0.1) is 7.11 Å². The van der Waals surface area contributed by atoms with Crippen molar-refractivity contribution in [2.24, 2.45) is 0 Å². The summed E-state index contributed by atoms with van der Waals surface area (Å²) < 4.78 is 10.5. The van der Waals surface area contributed by atoms with Crippen molar-refractivity contribution in [3.63, 3.8) is 0 Å². The lowest BCUT2D eigenvalue weighted by Gasteiger charge is -2.07. The van der Waals surface area contributed by atoms with Crippen LogP contribution in [0.2, 0.25) is 0 Å². The van der Waals surface area contributed by atoms with Gasteiger partial charge in [-0.3, -0.25) is 0 Å². The fraction of sp³-hybridized carbons (Fsp3) is 0.176. The minimum absolute atomic E-state index is 0.479. The van der Waals surface area contributed by atoms with Crippen molar-refractivity contribution in [1.29, 1.82) is 0 Å². The molecule has 1 aromatic heterocycles. The van der Waals surface area contributed by atoms with Gasteiger partial charge >= 0.3 is 0 Å². The summed E-state index contributed by atoms with van der Waals surface area (Å²) in [6.45, 7) is 2.64. The summed E-state index contributed by atoms with van der Waals surface area (Å²) in [5, 5.41) is 7.10. The van der Waals surface area contributed by atoms with E-state index in [1.54, 1.807) is 7.11 Å². The van der Waals surface area contributed by atoms with E-state index in [-0.39, 0.29) is 0 Å². The van der Waals surface area contributed by atoms with Gasteiger partial charge in [-0.1, -0.05) is 30.3 Å². The van der Waals surface area contributed by atoms with Crippen LogP contribution in [-0.4, -0.2) is 17.3 Å². The van der Waals surface area contributed by atoms with Gasteiger partial charge in [-0.15, -0.1) is 0 Å². The third-order valence-corrected chi connectivity index (χ3v) is 3.36. The zero-order chi connectivity index (χ0) is 15.4. The first-order chi connectivity index (χ1) is 10.8. The molecule has 0 aliphatic carbocycles. The maximum absolute atomic E-state index is 5.26. The topological polar surface area (TPSA) is 60.2 Å². The minimum Gasteiger partial charge on any atom is -0.496 e. The normalized spacial score (nSPS) is 10.5. The van der Waals surface area contributed by atoms with Crippen molar-refractivity contribution < 1.29 is 9.26 Å². The average Bonchev–Trinajstić information content (AvgIpc) is 3.03. The molecule has 22 heavy (non-hydrogen) atoms. The van der Waals surface area contributed by atoms with E-state index in [1.807, 2.05) is 49.4 Å². The Labute approximate surface area is 128 Å². The summed E-state index contributed by atoms with van der Waals surface area (Å²) in [5.41, 5.74) is 3.13. The molecule has 5 heteroatoms. The van der Waals surface area contributed by atoms with Crippen molar-refractivity contribution in [2.75, 3.05) is 12.4 Å². The number of aryl methyl sites for hydroxylation is 1. The Balaban J connectivity index is 1.67. The van der Waals surface area contributed by atoms with E-state index in [0.29, 0.717) is 18.4 Å². The number of nitrogens with one attached hydrogen (secondary N) is 1. The predicted octanol–water partition coefficient (Wildman–Crippen LogP) is 3.67. The fourth-order valence-electron chi connectivity index (χ4n) is 2.22. The van der Waals surface area contributed by atoms with Crippen LogP contribution in [0.4, 0.5) is 5.95 Å². The highest BCUT2D eigenvalue weighted by Gasteiger charge is 2.08. The Kier molecular flexibility index (Phi) is 4.05. The highest BCUT2D eigenvalue weighted by Crippen LogP contribution is 2.20. The fourth-order valence-corrected chi connectivity index (χ4v) is 2.22. The quantitative estimate of drug-likeness (QED) is 0.778. The van der Waals surface area contributed by atoms with Gasteiger partial charge in [0, 0.05) is 12.1 Å². The van der Waals surface area contributed by atoms with Crippen LogP contribution >= 0.6 is 0 Å². The van der Waals surface area contributed by atoms with Crippen molar-refractivity contribution in [3.05, 3.63) is 59.7 Å². The predicted molar refractivity (Wildman–Crippen MR) is 84.8 cm³/mol. The van der Waals surface area contributed by atoms with Gasteiger partial charge < -0.3 is 14.6 Å². The number of hydrogen-bond donors (Lipinski definition) is 1. The van der Waals surface area contributed by atoms with E-state index in [0.717, 1.165) is 22.4 Å². The second-order valence-electron chi connectivity index (χ2n) is 4.95. The summed E-state index contributed by atoms with van der Waals surface area (Å²) in [6, 6.07) is 15.7. The first-order valence-corrected chi connectivity index (χ1v) is 7.03. The Morgan fingerprint density at radius 1 is 1.14 bits per heavy atom. The second kappa shape index (κ2) is 6.30. The lowest BCUT2D eigenvalue weighted by Crippen LogP contribution is -2.01. The average molecular weight is 295 g/mol. The van der Waals surface area contributed by atoms with Gasteiger partial charge in [0.15, 0.2) is 0 Å². The number of nitrogens with zero attached hydrogens (tertiary/aromatic N) is 2. The molecule has 0 saturated carbocycles. The van der Waals surface area contributed by atoms with Gasteiger partial charge in [-0.25, -0.2) is 0 Å². The molecule has 5 nitrogen and oxygen atoms in total. The molecule has 0 aliphatic heterocycles. The maximum atomic E-state index is 5.26. The molecular weight excluding hydrogens is 278 g/mol. The van der Waals surface area contributed by atoms with E-state index < -0.39 is 0 Å². The molecule has 0 amide bonds. The van der Waals surface area contributed by atoms with Gasteiger partial charge in [-0.05, 0) is 41.4 Å². The molecule has 1 heterocycles. The molecule has 0 atom stereocenters. The molecular formula is C17H17N3O2. The molecule has 0 radical (unpaired) electrons. The molecule has 2 aromatic carbocycles. The Bertz CT molecular complexity index is 754. The van der Waals surface area contributed by atoms with Gasteiger partial charge in [0.25, 0.3) is 11.8 Å². The molecule has 0 saturated heterocycles. The molecule has 0 fully saturated rings. The third kappa shape index (κ3) is 3.09. The van der Waals surface area contributed by atoms with E-state index >= 15 is 0 Å². The SMILES string of the molecule is COc1ccc(CNc2noc(-c3ccccc3)n2)cc1C. The molecule has 3 aromatic rings. The number of hydrogen-bond acceptors (Lipinski definition) is 5. The van der Waals surface area contributed by atoms with Crippen LogP contribution in [0.25, 0.3) is 11.5 Å². The highest BCUT2D eigenvalue weighted by molar-refractivity contribution is 5.53. The third-order valence-electron chi connectivity index (χ3n) is 3.36. The molecule has 0 spiro atoms. The summed E-state index contributed by atoms with van der Waals surface area (Å²) in [5.74, 6) is 1.87. The van der Waals surface area contributed by atoms with Crippen molar-refractivity contribution in [3.8, 4) is 17.2 Å². The van der Waals surface area contributed by atoms with Crippen LogP contribution in [0.5, 0.6) is 5.75 Å². The largest absolute Gasteiger partial charge is 0.496 e. The molecule has 0 unspecified atom stereocenters. The van der Waals surface area contributed by atoms with E-state index in [2.05, 4.69) is 21.5 Å². The van der Waals surface area contributed by atoms with Crippen molar-refractivity contribution >= 4 is 5.95 Å². The van der Waals surface area contributed by atoms with Crippen LogP contribution in [0.1, 0.15) is 11.1 Å². The summed E-state index contributed by atoms with van der Waals surface area (Å²) >= 11 is 0. The van der Waals surface area contributed by atoms with Gasteiger partial charge in [-0.2, -0.15) is 4.98 Å². The lowest BCUT2D eigenvalue weighted by molar-refractivity contribution is 0.411. The monoisotopic (exact) mass is 295 g/mol. The second-order valence-corrected chi connectivity index (χ2v) is 4.95. The van der Waals surface area contributed by atoms with E-state index in [1.165, 1.54) is 0 Å². The number of aromatic nitrogens is 2. The van der Waals surface area contributed by atoms with E-state index in [4.69, 9.17) is 9.26 Å². The zero-order valence-electron chi connectivity index (χ0n) is 12.5. The molecule has 3 rings (SSSR count). The summed E-state index contributed by atoms with van der Waals surface area (Å²) in [4.78, 5) is 4.34. The molecule has 0 bridgehead atoms. The number of benzene rings is 2. The van der Waals surface area contributed by atoms with E-state index in [9.17, 15) is 0 Å². The standard InChI is InChI=1S/C17H17N3O2/c1-12-10-13(8-9-15(12)21-2)11-18-17-19-16(22-20-17)14-6-4-3-5-7-14/h3-10H,11H2,1-2H3,(H,18,20). The summed E-state index contributed by atoms with van der Waals surface area (Å²) in [6.07, 6.45) is 0. The Morgan fingerprint density at radius 3 is 2.68 bits per heavy atom. The number of ether oxygens (including phenoxy) is 1. The van der Waals surface area contributed by atoms with Crippen LogP contribution in [-0.2, 0) is 6.54 Å². The maximum Gasteiger partial charge on any atom is 0.264 e. The van der Waals surface area contributed by atoms with Crippen LogP contribution < -0.4 is 10.1 Å². The van der Waals surface area contributed by atoms with Crippen LogP contribution in [0, 0.1) is 6.92 Å². The van der Waals surface area contributed by atoms with Crippen molar-refractivity contribution in [2.45, 2.75) is 13.5 Å². The zero-order valence-corrected chi connectivity index (χ0v) is 12.5. The Hall–Kier alpha value is -2.82. The minimum atomic E-state index is 0.479. The van der Waals surface area contributed by atoms with Crippen LogP contribution in [0.3, 0.4) is 0 Å².